The lowest BCUT2D eigenvalue weighted by molar-refractivity contribution is -0.912. The van der Waals surface area contributed by atoms with Crippen molar-refractivity contribution in [2.24, 2.45) is 0 Å². The molecule has 0 saturated carbocycles. The summed E-state index contributed by atoms with van der Waals surface area (Å²) in [7, 11) is 0. The van der Waals surface area contributed by atoms with Crippen LogP contribution in [0.15, 0.2) is 16.9 Å². The highest BCUT2D eigenvalue weighted by molar-refractivity contribution is 6.31. The van der Waals surface area contributed by atoms with Gasteiger partial charge in [-0.1, -0.05) is 24.9 Å². The highest BCUT2D eigenvalue weighted by Gasteiger charge is 2.16. The Hall–Kier alpha value is -1.32. The fourth-order valence-electron chi connectivity index (χ4n) is 2.96. The topological polar surface area (TPSA) is 37.3 Å². The van der Waals surface area contributed by atoms with Crippen LogP contribution in [0.4, 0.5) is 0 Å². The number of benzene rings is 1. The molecule has 4 heteroatoms. The molecule has 1 atom stereocenters. The number of aromatic nitrogens is 1. The second kappa shape index (κ2) is 7.30. The summed E-state index contributed by atoms with van der Waals surface area (Å²) in [5.41, 5.74) is 3.91. The summed E-state index contributed by atoms with van der Waals surface area (Å²) in [5.74, 6) is 0. The number of hydrogen-bond donors (Lipinski definition) is 2. The summed E-state index contributed by atoms with van der Waals surface area (Å²) < 4.78 is 0. The van der Waals surface area contributed by atoms with Crippen LogP contribution in [0.3, 0.4) is 0 Å². The summed E-state index contributed by atoms with van der Waals surface area (Å²) in [4.78, 5) is 17.7. The molecule has 0 bridgehead atoms. The van der Waals surface area contributed by atoms with Crippen molar-refractivity contribution in [3.63, 3.8) is 0 Å². The first-order valence-electron chi connectivity index (χ1n) is 8.13. The van der Waals surface area contributed by atoms with Gasteiger partial charge in [-0.3, -0.25) is 4.79 Å². The summed E-state index contributed by atoms with van der Waals surface area (Å²) in [6, 6.07) is 3.67. The Morgan fingerprint density at radius 2 is 1.95 bits per heavy atom. The van der Waals surface area contributed by atoms with Crippen molar-refractivity contribution < 1.29 is 4.90 Å². The second-order valence-electron chi connectivity index (χ2n) is 6.09. The van der Waals surface area contributed by atoms with Gasteiger partial charge in [-0.15, -0.1) is 0 Å². The van der Waals surface area contributed by atoms with E-state index in [0.717, 1.165) is 42.0 Å². The predicted molar refractivity (Wildman–Crippen MR) is 94.0 cm³/mol. The van der Waals surface area contributed by atoms with Crippen molar-refractivity contribution in [3.8, 4) is 0 Å². The maximum atomic E-state index is 12.9. The number of halogens is 1. The van der Waals surface area contributed by atoms with E-state index in [-0.39, 0.29) is 5.43 Å². The van der Waals surface area contributed by atoms with Crippen molar-refractivity contribution in [1.82, 2.24) is 4.98 Å². The van der Waals surface area contributed by atoms with Crippen molar-refractivity contribution in [1.29, 1.82) is 0 Å². The van der Waals surface area contributed by atoms with Crippen LogP contribution < -0.4 is 10.3 Å². The molecule has 1 aromatic carbocycles. The number of hydrogen-bond acceptors (Lipinski definition) is 1. The number of quaternary nitrogens is 1. The van der Waals surface area contributed by atoms with Crippen LogP contribution in [0.5, 0.6) is 0 Å². The third-order valence-corrected chi connectivity index (χ3v) is 4.61. The maximum absolute atomic E-state index is 12.9. The lowest BCUT2D eigenvalue weighted by atomic mass is 10.1. The zero-order valence-electron chi connectivity index (χ0n) is 14.0. The Morgan fingerprint density at radius 3 is 2.59 bits per heavy atom. The molecular formula is C18H26ClN2O+. The zero-order valence-corrected chi connectivity index (χ0v) is 14.7. The van der Waals surface area contributed by atoms with E-state index >= 15 is 0 Å². The Kier molecular flexibility index (Phi) is 5.65. The molecule has 120 valence electrons. The number of unbranched alkanes of at least 4 members (excludes halogenated alkanes) is 1. The van der Waals surface area contributed by atoms with Gasteiger partial charge in [0.25, 0.3) is 0 Å². The molecular weight excluding hydrogens is 296 g/mol. The first-order chi connectivity index (χ1) is 10.5. The number of aryl methyl sites for hydroxylation is 2. The number of aromatic amines is 1. The fraction of sp³-hybridized carbons (Fsp3) is 0.500. The van der Waals surface area contributed by atoms with Gasteiger partial charge in [0.15, 0.2) is 5.43 Å². The molecule has 3 nitrogen and oxygen atoms in total. The van der Waals surface area contributed by atoms with E-state index in [1.807, 2.05) is 19.9 Å². The standard InChI is InChI=1S/C18H25ClN2O/c1-5-7-8-21(6-2)11-16-13(4)20-17-12(3)9-14(19)10-15(17)18(16)22/h9-10H,5-8,11H2,1-4H3,(H,20,22)/p+1. The minimum absolute atomic E-state index is 0.124. The van der Waals surface area contributed by atoms with Crippen LogP contribution in [0, 0.1) is 13.8 Å². The first kappa shape index (κ1) is 17.0. The highest BCUT2D eigenvalue weighted by atomic mass is 35.5. The van der Waals surface area contributed by atoms with Gasteiger partial charge in [-0.2, -0.15) is 0 Å². The third-order valence-electron chi connectivity index (χ3n) is 4.39. The van der Waals surface area contributed by atoms with Crippen molar-refractivity contribution in [2.45, 2.75) is 47.1 Å². The van der Waals surface area contributed by atoms with E-state index in [2.05, 4.69) is 18.8 Å². The van der Waals surface area contributed by atoms with E-state index in [0.29, 0.717) is 10.4 Å². The molecule has 0 saturated heterocycles. The van der Waals surface area contributed by atoms with Crippen LogP contribution in [-0.4, -0.2) is 18.1 Å². The molecule has 22 heavy (non-hydrogen) atoms. The van der Waals surface area contributed by atoms with Crippen molar-refractivity contribution >= 4 is 22.5 Å². The van der Waals surface area contributed by atoms with Crippen molar-refractivity contribution in [2.75, 3.05) is 13.1 Å². The zero-order chi connectivity index (χ0) is 16.3. The Labute approximate surface area is 137 Å². The van der Waals surface area contributed by atoms with Gasteiger partial charge in [-0.05, 0) is 44.9 Å². The van der Waals surface area contributed by atoms with Gasteiger partial charge in [0.05, 0.1) is 24.2 Å². The Balaban J connectivity index is 2.48. The third kappa shape index (κ3) is 3.53. The largest absolute Gasteiger partial charge is 0.358 e. The van der Waals surface area contributed by atoms with E-state index in [4.69, 9.17) is 11.6 Å². The minimum Gasteiger partial charge on any atom is -0.358 e. The second-order valence-corrected chi connectivity index (χ2v) is 6.52. The van der Waals surface area contributed by atoms with E-state index < -0.39 is 0 Å². The molecule has 0 spiro atoms. The lowest BCUT2D eigenvalue weighted by Gasteiger charge is -2.18. The molecule has 0 aliphatic heterocycles. The number of nitrogens with one attached hydrogen (secondary N) is 2. The molecule has 1 aromatic heterocycles. The van der Waals surface area contributed by atoms with Crippen LogP contribution in [0.25, 0.3) is 10.9 Å². The Bertz CT molecular complexity index is 721. The molecule has 1 heterocycles. The average molecular weight is 322 g/mol. The van der Waals surface area contributed by atoms with Crippen LogP contribution in [-0.2, 0) is 6.54 Å². The molecule has 0 radical (unpaired) electrons. The normalized spacial score (nSPS) is 12.8. The van der Waals surface area contributed by atoms with E-state index in [1.54, 1.807) is 6.07 Å². The fourth-order valence-corrected chi connectivity index (χ4v) is 3.24. The highest BCUT2D eigenvalue weighted by Crippen LogP contribution is 2.20. The van der Waals surface area contributed by atoms with E-state index in [9.17, 15) is 4.79 Å². The number of H-pyrrole nitrogens is 1. The molecule has 2 rings (SSSR count). The van der Waals surface area contributed by atoms with Gasteiger partial charge in [0.1, 0.15) is 6.54 Å². The first-order valence-corrected chi connectivity index (χ1v) is 8.50. The molecule has 0 fully saturated rings. The van der Waals surface area contributed by atoms with Crippen LogP contribution >= 0.6 is 11.6 Å². The van der Waals surface area contributed by atoms with E-state index in [1.165, 1.54) is 17.7 Å². The lowest BCUT2D eigenvalue weighted by Crippen LogP contribution is -3.10. The molecule has 2 aromatic rings. The summed E-state index contributed by atoms with van der Waals surface area (Å²) in [6.07, 6.45) is 2.38. The molecule has 0 aliphatic rings. The molecule has 2 N–H and O–H groups in total. The van der Waals surface area contributed by atoms with Gasteiger partial charge in [-0.25, -0.2) is 0 Å². The number of pyridine rings is 1. The van der Waals surface area contributed by atoms with Crippen LogP contribution in [0.1, 0.15) is 43.5 Å². The van der Waals surface area contributed by atoms with Gasteiger partial charge in [0.2, 0.25) is 0 Å². The Morgan fingerprint density at radius 1 is 1.23 bits per heavy atom. The van der Waals surface area contributed by atoms with Crippen molar-refractivity contribution in [3.05, 3.63) is 44.2 Å². The molecule has 1 unspecified atom stereocenters. The number of fused-ring (bicyclic) bond motifs is 1. The molecule has 0 amide bonds. The smallest absolute Gasteiger partial charge is 0.198 e. The van der Waals surface area contributed by atoms with Gasteiger partial charge in [0, 0.05) is 16.1 Å². The SMILES string of the molecule is CCCC[NH+](CC)Cc1c(C)[nH]c2c(C)cc(Cl)cc2c1=O. The maximum Gasteiger partial charge on any atom is 0.198 e. The van der Waals surface area contributed by atoms with Gasteiger partial charge < -0.3 is 9.88 Å². The summed E-state index contributed by atoms with van der Waals surface area (Å²) >= 11 is 6.13. The number of rotatable bonds is 6. The average Bonchev–Trinajstić information content (AvgIpc) is 2.48. The minimum atomic E-state index is 0.124. The van der Waals surface area contributed by atoms with Gasteiger partial charge >= 0.3 is 0 Å². The quantitative estimate of drug-likeness (QED) is 0.843. The predicted octanol–water partition coefficient (Wildman–Crippen LogP) is 3.00. The summed E-state index contributed by atoms with van der Waals surface area (Å²) in [6.45, 7) is 11.3. The molecule has 0 aliphatic carbocycles. The monoisotopic (exact) mass is 321 g/mol. The summed E-state index contributed by atoms with van der Waals surface area (Å²) in [5, 5.41) is 1.33. The van der Waals surface area contributed by atoms with Crippen LogP contribution in [0.2, 0.25) is 5.02 Å².